The van der Waals surface area contributed by atoms with Gasteiger partial charge in [0.25, 0.3) is 5.91 Å². The van der Waals surface area contributed by atoms with Crippen LogP contribution in [-0.4, -0.2) is 46.6 Å². The molecular weight excluding hydrogens is 412 g/mol. The van der Waals surface area contributed by atoms with Crippen molar-refractivity contribution in [2.24, 2.45) is 9.98 Å². The van der Waals surface area contributed by atoms with E-state index in [4.69, 9.17) is 4.74 Å². The van der Waals surface area contributed by atoms with Crippen LogP contribution in [0.2, 0.25) is 0 Å². The van der Waals surface area contributed by atoms with E-state index in [0.717, 1.165) is 29.0 Å². The highest BCUT2D eigenvalue weighted by Crippen LogP contribution is 2.34. The second-order valence-corrected chi connectivity index (χ2v) is 8.20. The first-order valence-electron chi connectivity index (χ1n) is 10.2. The summed E-state index contributed by atoms with van der Waals surface area (Å²) in [6.07, 6.45) is 1.57. The number of nitrogens with zero attached hydrogens (tertiary/aromatic N) is 3. The van der Waals surface area contributed by atoms with Crippen molar-refractivity contribution < 1.29 is 14.3 Å². The second-order valence-electron chi connectivity index (χ2n) is 7.26. The molecule has 2 aliphatic heterocycles. The Balaban J connectivity index is 1.43. The first-order valence-corrected chi connectivity index (χ1v) is 11.2. The molecular formula is C23H24N4O3S. The van der Waals surface area contributed by atoms with Crippen molar-refractivity contribution in [2.45, 2.75) is 32.4 Å². The van der Waals surface area contributed by atoms with Gasteiger partial charge in [0, 0.05) is 12.1 Å². The van der Waals surface area contributed by atoms with Crippen LogP contribution in [0.3, 0.4) is 0 Å². The van der Waals surface area contributed by atoms with E-state index in [-0.39, 0.29) is 23.6 Å². The normalized spacial score (nSPS) is 16.9. The number of amides is 2. The van der Waals surface area contributed by atoms with E-state index in [9.17, 15) is 9.59 Å². The number of carbonyl (C=O) groups is 2. The van der Waals surface area contributed by atoms with Crippen LogP contribution in [0, 0.1) is 0 Å². The maximum atomic E-state index is 13.0. The fraction of sp³-hybridized carbons (Fsp3) is 0.304. The van der Waals surface area contributed by atoms with Gasteiger partial charge in [0.15, 0.2) is 5.17 Å². The van der Waals surface area contributed by atoms with Gasteiger partial charge in [-0.1, -0.05) is 49.4 Å². The minimum absolute atomic E-state index is 0.0729. The van der Waals surface area contributed by atoms with E-state index in [2.05, 4.69) is 15.3 Å². The fourth-order valence-electron chi connectivity index (χ4n) is 3.49. The molecule has 4 rings (SSSR count). The number of hydrogen-bond donors (Lipinski definition) is 1. The molecule has 0 aromatic heterocycles. The highest BCUT2D eigenvalue weighted by atomic mass is 32.2. The molecule has 0 bridgehead atoms. The summed E-state index contributed by atoms with van der Waals surface area (Å²) in [5.74, 6) is 1.37. The van der Waals surface area contributed by atoms with Gasteiger partial charge in [-0.15, -0.1) is 0 Å². The summed E-state index contributed by atoms with van der Waals surface area (Å²) >= 11 is 1.25. The third kappa shape index (κ3) is 4.49. The average molecular weight is 437 g/mol. The lowest BCUT2D eigenvalue weighted by molar-refractivity contribution is -0.124. The van der Waals surface area contributed by atoms with Gasteiger partial charge >= 0.3 is 0 Å². The van der Waals surface area contributed by atoms with Crippen LogP contribution in [0.25, 0.3) is 0 Å². The van der Waals surface area contributed by atoms with Gasteiger partial charge in [0.05, 0.1) is 18.6 Å². The lowest BCUT2D eigenvalue weighted by Crippen LogP contribution is -2.41. The van der Waals surface area contributed by atoms with E-state index < -0.39 is 0 Å². The van der Waals surface area contributed by atoms with Gasteiger partial charge in [0.2, 0.25) is 5.91 Å². The van der Waals surface area contributed by atoms with Crippen LogP contribution in [0.4, 0.5) is 5.69 Å². The van der Waals surface area contributed by atoms with Crippen LogP contribution in [0.5, 0.6) is 5.75 Å². The van der Waals surface area contributed by atoms with E-state index in [1.807, 2.05) is 55.5 Å². The van der Waals surface area contributed by atoms with Crippen molar-refractivity contribution in [2.75, 3.05) is 12.9 Å². The first-order chi connectivity index (χ1) is 15.1. The molecule has 2 aromatic rings. The number of para-hydroxylation sites is 1. The topological polar surface area (TPSA) is 83.4 Å². The van der Waals surface area contributed by atoms with Crippen LogP contribution in [-0.2, 0) is 16.1 Å². The maximum Gasteiger partial charge on any atom is 0.259 e. The molecule has 0 spiro atoms. The third-order valence-corrected chi connectivity index (χ3v) is 6.03. The number of amidine groups is 2. The Kier molecular flexibility index (Phi) is 6.36. The largest absolute Gasteiger partial charge is 0.497 e. The minimum Gasteiger partial charge on any atom is -0.497 e. The molecule has 0 unspecified atom stereocenters. The molecule has 160 valence electrons. The Hall–Kier alpha value is -3.13. The van der Waals surface area contributed by atoms with E-state index in [1.54, 1.807) is 12.0 Å². The van der Waals surface area contributed by atoms with Crippen LogP contribution < -0.4 is 10.1 Å². The van der Waals surface area contributed by atoms with Crippen molar-refractivity contribution in [3.05, 3.63) is 59.7 Å². The minimum atomic E-state index is -0.388. The van der Waals surface area contributed by atoms with Crippen molar-refractivity contribution in [3.8, 4) is 5.75 Å². The highest BCUT2D eigenvalue weighted by molar-refractivity contribution is 8.14. The lowest BCUT2D eigenvalue weighted by atomic mass is 10.1. The van der Waals surface area contributed by atoms with E-state index >= 15 is 0 Å². The summed E-state index contributed by atoms with van der Waals surface area (Å²) in [7, 11) is 1.62. The standard InChI is InChI=1S/C23H24N4O3S/c1-3-6-19-22(29)27-21(25-19)17-7-4-5-8-18(17)26-23(27)31-14-20(28)24-13-15-9-11-16(30-2)12-10-15/h4-5,7-12,19H,3,6,13-14H2,1-2H3,(H,24,28)/t19-/m0/s1. The molecule has 0 fully saturated rings. The summed E-state index contributed by atoms with van der Waals surface area (Å²) < 4.78 is 5.15. The molecule has 1 N–H and O–H groups in total. The zero-order valence-corrected chi connectivity index (χ0v) is 18.3. The predicted molar refractivity (Wildman–Crippen MR) is 123 cm³/mol. The zero-order chi connectivity index (χ0) is 21.8. The van der Waals surface area contributed by atoms with Gasteiger partial charge in [-0.3, -0.25) is 14.6 Å². The molecule has 7 nitrogen and oxygen atoms in total. The summed E-state index contributed by atoms with van der Waals surface area (Å²) in [4.78, 5) is 36.3. The Bertz CT molecular complexity index is 1050. The summed E-state index contributed by atoms with van der Waals surface area (Å²) in [6.45, 7) is 2.46. The number of fused-ring (bicyclic) bond motifs is 3. The predicted octanol–water partition coefficient (Wildman–Crippen LogP) is 3.50. The number of rotatable bonds is 7. The monoisotopic (exact) mass is 436 g/mol. The molecule has 0 aliphatic carbocycles. The van der Waals surface area contributed by atoms with Gasteiger partial charge in [-0.05, 0) is 36.2 Å². The lowest BCUT2D eigenvalue weighted by Gasteiger charge is -2.25. The molecule has 2 heterocycles. The van der Waals surface area contributed by atoms with Crippen LogP contribution >= 0.6 is 11.8 Å². The Morgan fingerprint density at radius 3 is 2.71 bits per heavy atom. The molecule has 2 amide bonds. The number of thioether (sulfide) groups is 1. The number of methoxy groups -OCH3 is 1. The molecule has 1 atom stereocenters. The number of nitrogens with one attached hydrogen (secondary N) is 1. The summed E-state index contributed by atoms with van der Waals surface area (Å²) in [6, 6.07) is 14.8. The number of benzene rings is 2. The number of aliphatic imine (C=N–C) groups is 2. The van der Waals surface area contributed by atoms with Crippen molar-refractivity contribution >= 4 is 40.3 Å². The quantitative estimate of drug-likeness (QED) is 0.720. The number of ether oxygens (including phenoxy) is 1. The van der Waals surface area contributed by atoms with E-state index in [1.165, 1.54) is 11.8 Å². The fourth-order valence-corrected chi connectivity index (χ4v) is 4.32. The van der Waals surface area contributed by atoms with Crippen molar-refractivity contribution in [1.82, 2.24) is 10.2 Å². The van der Waals surface area contributed by atoms with Crippen LogP contribution in [0.15, 0.2) is 58.5 Å². The third-order valence-electron chi connectivity index (χ3n) is 5.09. The highest BCUT2D eigenvalue weighted by Gasteiger charge is 2.40. The van der Waals surface area contributed by atoms with Gasteiger partial charge in [0.1, 0.15) is 17.6 Å². The smallest absolute Gasteiger partial charge is 0.259 e. The second kappa shape index (κ2) is 9.34. The van der Waals surface area contributed by atoms with Crippen molar-refractivity contribution in [3.63, 3.8) is 0 Å². The van der Waals surface area contributed by atoms with Crippen molar-refractivity contribution in [1.29, 1.82) is 0 Å². The van der Waals surface area contributed by atoms with E-state index in [0.29, 0.717) is 24.0 Å². The number of carbonyl (C=O) groups excluding carboxylic acids is 2. The molecule has 2 aliphatic rings. The van der Waals surface area contributed by atoms with Gasteiger partial charge in [-0.25, -0.2) is 9.89 Å². The summed E-state index contributed by atoms with van der Waals surface area (Å²) in [5, 5.41) is 3.41. The average Bonchev–Trinajstić information content (AvgIpc) is 3.13. The Morgan fingerprint density at radius 2 is 1.97 bits per heavy atom. The molecule has 2 aromatic carbocycles. The number of hydrogen-bond acceptors (Lipinski definition) is 6. The Labute approximate surface area is 185 Å². The molecule has 0 saturated carbocycles. The zero-order valence-electron chi connectivity index (χ0n) is 17.5. The molecule has 8 heteroatoms. The molecule has 31 heavy (non-hydrogen) atoms. The first kappa shape index (κ1) is 21.1. The molecule has 0 radical (unpaired) electrons. The summed E-state index contributed by atoms with van der Waals surface area (Å²) in [5.41, 5.74) is 2.60. The SMILES string of the molecule is CCC[C@@H]1N=C2c3ccccc3N=C(SCC(=O)NCc3ccc(OC)cc3)N2C1=O. The van der Waals surface area contributed by atoms with Gasteiger partial charge < -0.3 is 10.1 Å². The Morgan fingerprint density at radius 1 is 1.19 bits per heavy atom. The molecule has 0 saturated heterocycles. The van der Waals surface area contributed by atoms with Crippen LogP contribution in [0.1, 0.15) is 30.9 Å². The maximum absolute atomic E-state index is 13.0. The van der Waals surface area contributed by atoms with Gasteiger partial charge in [-0.2, -0.15) is 0 Å².